The Labute approximate surface area is 134 Å². The average molecular weight is 312 g/mol. The van der Waals surface area contributed by atoms with E-state index in [4.69, 9.17) is 10.2 Å². The Morgan fingerprint density at radius 3 is 1.50 bits per heavy atom. The first-order chi connectivity index (χ1) is 10.6. The zero-order valence-electron chi connectivity index (χ0n) is 14.0. The summed E-state index contributed by atoms with van der Waals surface area (Å²) < 4.78 is 0. The smallest absolute Gasteiger partial charge is 0.331 e. The second-order valence-corrected chi connectivity index (χ2v) is 5.95. The van der Waals surface area contributed by atoms with E-state index in [1.807, 2.05) is 0 Å². The van der Waals surface area contributed by atoms with Crippen LogP contribution in [0.4, 0.5) is 0 Å². The number of aliphatic carboxylic acids is 2. The van der Waals surface area contributed by atoms with Crippen LogP contribution in [-0.4, -0.2) is 22.2 Å². The lowest BCUT2D eigenvalue weighted by Gasteiger charge is -2.03. The average Bonchev–Trinajstić information content (AvgIpc) is 2.46. The SMILES string of the molecule is CCCCCCCCCCCCCCC(=CC(=O)O)C(=O)O. The van der Waals surface area contributed by atoms with Crippen molar-refractivity contribution in [1.82, 2.24) is 0 Å². The first kappa shape index (κ1) is 20.7. The van der Waals surface area contributed by atoms with E-state index in [-0.39, 0.29) is 5.57 Å². The predicted molar refractivity (Wildman–Crippen MR) is 89.0 cm³/mol. The monoisotopic (exact) mass is 312 g/mol. The van der Waals surface area contributed by atoms with Gasteiger partial charge in [-0.05, 0) is 12.8 Å². The third-order valence-electron chi connectivity index (χ3n) is 3.87. The van der Waals surface area contributed by atoms with E-state index in [9.17, 15) is 9.59 Å². The van der Waals surface area contributed by atoms with Gasteiger partial charge in [-0.1, -0.05) is 77.6 Å². The van der Waals surface area contributed by atoms with Crippen LogP contribution in [0, 0.1) is 0 Å². The van der Waals surface area contributed by atoms with Crippen LogP contribution in [-0.2, 0) is 9.59 Å². The van der Waals surface area contributed by atoms with Crippen LogP contribution in [0.3, 0.4) is 0 Å². The van der Waals surface area contributed by atoms with Crippen LogP contribution in [0.2, 0.25) is 0 Å². The summed E-state index contributed by atoms with van der Waals surface area (Å²) in [6, 6.07) is 0. The largest absolute Gasteiger partial charge is 0.478 e. The van der Waals surface area contributed by atoms with Crippen molar-refractivity contribution in [2.75, 3.05) is 0 Å². The van der Waals surface area contributed by atoms with E-state index in [2.05, 4.69) is 6.92 Å². The Kier molecular flexibility index (Phi) is 13.7. The van der Waals surface area contributed by atoms with Crippen LogP contribution < -0.4 is 0 Å². The molecule has 0 amide bonds. The van der Waals surface area contributed by atoms with Crippen LogP contribution in [0.15, 0.2) is 11.6 Å². The van der Waals surface area contributed by atoms with Gasteiger partial charge in [-0.2, -0.15) is 0 Å². The number of carboxylic acids is 2. The highest BCUT2D eigenvalue weighted by Crippen LogP contribution is 2.14. The summed E-state index contributed by atoms with van der Waals surface area (Å²) in [5, 5.41) is 17.5. The third-order valence-corrected chi connectivity index (χ3v) is 3.87. The molecule has 0 aliphatic carbocycles. The molecule has 22 heavy (non-hydrogen) atoms. The summed E-state index contributed by atoms with van der Waals surface area (Å²) in [4.78, 5) is 21.3. The number of unbranched alkanes of at least 4 members (excludes halogenated alkanes) is 11. The molecule has 0 rings (SSSR count). The molecule has 0 spiro atoms. The molecule has 0 unspecified atom stereocenters. The van der Waals surface area contributed by atoms with Gasteiger partial charge in [-0.3, -0.25) is 0 Å². The minimum atomic E-state index is -1.18. The molecule has 128 valence electrons. The summed E-state index contributed by atoms with van der Waals surface area (Å²) in [6.07, 6.45) is 15.8. The third kappa shape index (κ3) is 13.7. The molecule has 4 heteroatoms. The van der Waals surface area contributed by atoms with Crippen molar-refractivity contribution < 1.29 is 19.8 Å². The summed E-state index contributed by atoms with van der Waals surface area (Å²) >= 11 is 0. The lowest BCUT2D eigenvalue weighted by Crippen LogP contribution is -2.04. The zero-order valence-corrected chi connectivity index (χ0v) is 14.0. The summed E-state index contributed by atoms with van der Waals surface area (Å²) in [7, 11) is 0. The van der Waals surface area contributed by atoms with Gasteiger partial charge >= 0.3 is 11.9 Å². The highest BCUT2D eigenvalue weighted by Gasteiger charge is 2.08. The Morgan fingerprint density at radius 1 is 0.727 bits per heavy atom. The Morgan fingerprint density at radius 2 is 1.14 bits per heavy atom. The van der Waals surface area contributed by atoms with Crippen LogP contribution in [0.5, 0.6) is 0 Å². The maximum atomic E-state index is 10.8. The van der Waals surface area contributed by atoms with Gasteiger partial charge in [0, 0.05) is 11.6 Å². The summed E-state index contributed by atoms with van der Waals surface area (Å²) in [5.41, 5.74) is -0.000390. The molecule has 0 aromatic rings. The number of carboxylic acid groups (broad SMARTS) is 2. The Hall–Kier alpha value is -1.32. The van der Waals surface area contributed by atoms with E-state index in [0.717, 1.165) is 25.3 Å². The molecule has 0 aliphatic heterocycles. The van der Waals surface area contributed by atoms with Crippen LogP contribution >= 0.6 is 0 Å². The molecule has 0 fully saturated rings. The highest BCUT2D eigenvalue weighted by molar-refractivity contribution is 5.94. The van der Waals surface area contributed by atoms with Crippen molar-refractivity contribution in [2.24, 2.45) is 0 Å². The second-order valence-electron chi connectivity index (χ2n) is 5.95. The maximum absolute atomic E-state index is 10.8. The first-order valence-corrected chi connectivity index (χ1v) is 8.74. The van der Waals surface area contributed by atoms with Crippen molar-refractivity contribution in [2.45, 2.75) is 90.4 Å². The van der Waals surface area contributed by atoms with Crippen molar-refractivity contribution in [3.63, 3.8) is 0 Å². The quantitative estimate of drug-likeness (QED) is 0.323. The van der Waals surface area contributed by atoms with Crippen molar-refractivity contribution in [3.8, 4) is 0 Å². The minimum absolute atomic E-state index is 0.000390. The van der Waals surface area contributed by atoms with E-state index < -0.39 is 11.9 Å². The van der Waals surface area contributed by atoms with E-state index >= 15 is 0 Å². The van der Waals surface area contributed by atoms with Gasteiger partial charge in [0.1, 0.15) is 0 Å². The molecule has 0 atom stereocenters. The van der Waals surface area contributed by atoms with Gasteiger partial charge in [-0.25, -0.2) is 9.59 Å². The number of hydrogen-bond acceptors (Lipinski definition) is 2. The molecule has 0 aromatic heterocycles. The molecule has 4 nitrogen and oxygen atoms in total. The van der Waals surface area contributed by atoms with Gasteiger partial charge in [0.25, 0.3) is 0 Å². The molecule has 0 radical (unpaired) electrons. The van der Waals surface area contributed by atoms with Crippen LogP contribution in [0.1, 0.15) is 90.4 Å². The lowest BCUT2D eigenvalue weighted by molar-refractivity contribution is -0.135. The van der Waals surface area contributed by atoms with E-state index in [1.54, 1.807) is 0 Å². The van der Waals surface area contributed by atoms with E-state index in [0.29, 0.717) is 6.42 Å². The normalized spacial score (nSPS) is 11.6. The fourth-order valence-electron chi connectivity index (χ4n) is 2.55. The molecular formula is C18H32O4. The van der Waals surface area contributed by atoms with Gasteiger partial charge in [-0.15, -0.1) is 0 Å². The van der Waals surface area contributed by atoms with Crippen LogP contribution in [0.25, 0.3) is 0 Å². The first-order valence-electron chi connectivity index (χ1n) is 8.74. The molecular weight excluding hydrogens is 280 g/mol. The number of hydrogen-bond donors (Lipinski definition) is 2. The molecule has 0 saturated carbocycles. The summed E-state index contributed by atoms with van der Waals surface area (Å²) in [5.74, 6) is -2.30. The second kappa shape index (κ2) is 14.6. The van der Waals surface area contributed by atoms with Crippen molar-refractivity contribution in [3.05, 3.63) is 11.6 Å². The molecule has 0 aliphatic rings. The van der Waals surface area contributed by atoms with Gasteiger partial charge < -0.3 is 10.2 Å². The lowest BCUT2D eigenvalue weighted by atomic mass is 10.0. The van der Waals surface area contributed by atoms with Crippen molar-refractivity contribution >= 4 is 11.9 Å². The number of carbonyl (C=O) groups is 2. The minimum Gasteiger partial charge on any atom is -0.478 e. The fourth-order valence-corrected chi connectivity index (χ4v) is 2.55. The molecule has 0 aromatic carbocycles. The summed E-state index contributed by atoms with van der Waals surface area (Å²) in [6.45, 7) is 2.23. The molecule has 2 N–H and O–H groups in total. The van der Waals surface area contributed by atoms with Gasteiger partial charge in [0.2, 0.25) is 0 Å². The van der Waals surface area contributed by atoms with E-state index in [1.165, 1.54) is 57.8 Å². The van der Waals surface area contributed by atoms with Gasteiger partial charge in [0.05, 0.1) is 0 Å². The predicted octanol–water partition coefficient (Wildman–Crippen LogP) is 5.17. The van der Waals surface area contributed by atoms with Crippen molar-refractivity contribution in [1.29, 1.82) is 0 Å². The Bertz CT molecular complexity index is 334. The fraction of sp³-hybridized carbons (Fsp3) is 0.778. The maximum Gasteiger partial charge on any atom is 0.331 e. The molecule has 0 saturated heterocycles. The zero-order chi connectivity index (χ0) is 16.6. The standard InChI is InChI=1S/C18H32O4/c1-2-3-4-5-6-7-8-9-10-11-12-13-14-16(18(21)22)15-17(19)20/h15H,2-14H2,1H3,(H,19,20)(H,21,22). The number of rotatable bonds is 15. The molecule has 0 heterocycles. The Balaban J connectivity index is 3.43. The molecule has 0 bridgehead atoms. The highest BCUT2D eigenvalue weighted by atomic mass is 16.4. The topological polar surface area (TPSA) is 74.6 Å². The van der Waals surface area contributed by atoms with Gasteiger partial charge in [0.15, 0.2) is 0 Å².